The maximum atomic E-state index is 12.1. The van der Waals surface area contributed by atoms with Crippen LogP contribution >= 0.6 is 11.8 Å². The smallest absolute Gasteiger partial charge is 0.358 e. The predicted molar refractivity (Wildman–Crippen MR) is 79.8 cm³/mol. The highest BCUT2D eigenvalue weighted by atomic mass is 32.2. The molecule has 0 aliphatic heterocycles. The Labute approximate surface area is 126 Å². The second kappa shape index (κ2) is 5.55. The SMILES string of the molecule is COC(=O)c1c(O)c2cnc(SC)nc2n1C1CCCC1. The summed E-state index contributed by atoms with van der Waals surface area (Å²) in [4.78, 5) is 20.7. The summed E-state index contributed by atoms with van der Waals surface area (Å²) in [6, 6.07) is 0.173. The molecular formula is C14H17N3O3S. The number of aromatic hydroxyl groups is 1. The first-order valence-corrected chi connectivity index (χ1v) is 8.12. The van der Waals surface area contributed by atoms with E-state index in [1.165, 1.54) is 18.9 Å². The average molecular weight is 307 g/mol. The number of carbonyl (C=O) groups excluding carboxylic acids is 1. The van der Waals surface area contributed by atoms with Crippen molar-refractivity contribution in [2.45, 2.75) is 36.9 Å². The fourth-order valence-electron chi connectivity index (χ4n) is 2.96. The van der Waals surface area contributed by atoms with Gasteiger partial charge in [-0.15, -0.1) is 0 Å². The Bertz CT molecular complexity index is 692. The van der Waals surface area contributed by atoms with Crippen LogP contribution in [-0.4, -0.2) is 39.0 Å². The van der Waals surface area contributed by atoms with Gasteiger partial charge in [0.25, 0.3) is 0 Å². The molecule has 0 spiro atoms. The van der Waals surface area contributed by atoms with Crippen molar-refractivity contribution in [1.29, 1.82) is 0 Å². The van der Waals surface area contributed by atoms with Crippen molar-refractivity contribution in [3.8, 4) is 5.75 Å². The molecule has 2 heterocycles. The van der Waals surface area contributed by atoms with Gasteiger partial charge in [0.05, 0.1) is 12.5 Å². The number of hydrogen-bond acceptors (Lipinski definition) is 6. The summed E-state index contributed by atoms with van der Waals surface area (Å²) in [6.07, 6.45) is 7.66. The fourth-order valence-corrected chi connectivity index (χ4v) is 3.30. The van der Waals surface area contributed by atoms with E-state index in [0.29, 0.717) is 16.2 Å². The van der Waals surface area contributed by atoms with Gasteiger partial charge in [0, 0.05) is 12.2 Å². The van der Waals surface area contributed by atoms with Crippen molar-refractivity contribution in [3.63, 3.8) is 0 Å². The third-order valence-electron chi connectivity index (χ3n) is 3.95. The molecular weight excluding hydrogens is 290 g/mol. The number of thioether (sulfide) groups is 1. The van der Waals surface area contributed by atoms with Crippen molar-refractivity contribution in [3.05, 3.63) is 11.9 Å². The lowest BCUT2D eigenvalue weighted by Crippen LogP contribution is -2.15. The molecule has 7 heteroatoms. The maximum absolute atomic E-state index is 12.1. The molecule has 0 aromatic carbocycles. The van der Waals surface area contributed by atoms with Gasteiger partial charge >= 0.3 is 5.97 Å². The van der Waals surface area contributed by atoms with E-state index in [1.807, 2.05) is 10.8 Å². The summed E-state index contributed by atoms with van der Waals surface area (Å²) >= 11 is 1.43. The summed E-state index contributed by atoms with van der Waals surface area (Å²) < 4.78 is 6.67. The van der Waals surface area contributed by atoms with Crippen molar-refractivity contribution in [1.82, 2.24) is 14.5 Å². The molecule has 2 aromatic rings. The lowest BCUT2D eigenvalue weighted by Gasteiger charge is -2.15. The number of fused-ring (bicyclic) bond motifs is 1. The van der Waals surface area contributed by atoms with Gasteiger partial charge in [-0.3, -0.25) is 0 Å². The molecule has 0 bridgehead atoms. The molecule has 1 aliphatic rings. The van der Waals surface area contributed by atoms with E-state index in [1.54, 1.807) is 6.20 Å². The lowest BCUT2D eigenvalue weighted by atomic mass is 10.2. The Hall–Kier alpha value is -1.76. The van der Waals surface area contributed by atoms with E-state index >= 15 is 0 Å². The van der Waals surface area contributed by atoms with Gasteiger partial charge in [-0.1, -0.05) is 24.6 Å². The van der Waals surface area contributed by atoms with E-state index in [9.17, 15) is 9.90 Å². The fraction of sp³-hybridized carbons (Fsp3) is 0.500. The van der Waals surface area contributed by atoms with E-state index in [0.717, 1.165) is 25.7 Å². The summed E-state index contributed by atoms with van der Waals surface area (Å²) in [5.41, 5.74) is 0.797. The van der Waals surface area contributed by atoms with Crippen LogP contribution in [0.15, 0.2) is 11.4 Å². The van der Waals surface area contributed by atoms with Crippen molar-refractivity contribution in [2.24, 2.45) is 0 Å². The first kappa shape index (κ1) is 14.2. The molecule has 112 valence electrons. The Morgan fingerprint density at radius 2 is 2.19 bits per heavy atom. The molecule has 1 fully saturated rings. The number of aromatic nitrogens is 3. The van der Waals surface area contributed by atoms with Crippen LogP contribution in [0.4, 0.5) is 0 Å². The monoisotopic (exact) mass is 307 g/mol. The first-order valence-electron chi connectivity index (χ1n) is 6.89. The predicted octanol–water partition coefficient (Wildman–Crippen LogP) is 2.76. The molecule has 0 amide bonds. The van der Waals surface area contributed by atoms with Crippen LogP contribution in [0.2, 0.25) is 0 Å². The first-order chi connectivity index (χ1) is 10.2. The summed E-state index contributed by atoms with van der Waals surface area (Å²) in [7, 11) is 1.32. The summed E-state index contributed by atoms with van der Waals surface area (Å²) in [5, 5.41) is 11.5. The van der Waals surface area contributed by atoms with Crippen LogP contribution in [-0.2, 0) is 4.74 Å². The Kier molecular flexibility index (Phi) is 3.75. The summed E-state index contributed by atoms with van der Waals surface area (Å²) in [6.45, 7) is 0. The molecule has 21 heavy (non-hydrogen) atoms. The molecule has 3 rings (SSSR count). The zero-order chi connectivity index (χ0) is 15.0. The number of esters is 1. The molecule has 0 unspecified atom stereocenters. The minimum absolute atomic E-state index is 0.0867. The largest absolute Gasteiger partial charge is 0.505 e. The van der Waals surface area contributed by atoms with Gasteiger partial charge in [-0.25, -0.2) is 14.8 Å². The topological polar surface area (TPSA) is 77.2 Å². The minimum atomic E-state index is -0.539. The third kappa shape index (κ3) is 2.25. The van der Waals surface area contributed by atoms with E-state index < -0.39 is 5.97 Å². The maximum Gasteiger partial charge on any atom is 0.358 e. The van der Waals surface area contributed by atoms with Crippen LogP contribution in [0, 0.1) is 0 Å². The molecule has 0 radical (unpaired) electrons. The molecule has 1 saturated carbocycles. The van der Waals surface area contributed by atoms with Crippen LogP contribution in [0.25, 0.3) is 11.0 Å². The van der Waals surface area contributed by atoms with Gasteiger partial charge in [-0.2, -0.15) is 0 Å². The lowest BCUT2D eigenvalue weighted by molar-refractivity contribution is 0.0583. The average Bonchev–Trinajstić information content (AvgIpc) is 3.12. The highest BCUT2D eigenvalue weighted by molar-refractivity contribution is 7.98. The standard InChI is InChI=1S/C14H17N3O3S/c1-20-13(19)10-11(18)9-7-15-14(21-2)16-12(9)17(10)8-5-3-4-6-8/h7-8,18H,3-6H2,1-2H3. The zero-order valence-electron chi connectivity index (χ0n) is 12.0. The Morgan fingerprint density at radius 3 is 2.81 bits per heavy atom. The number of nitrogens with zero attached hydrogens (tertiary/aromatic N) is 3. The van der Waals surface area contributed by atoms with E-state index in [2.05, 4.69) is 9.97 Å². The third-order valence-corrected chi connectivity index (χ3v) is 4.51. The summed E-state index contributed by atoms with van der Waals surface area (Å²) in [5.74, 6) is -0.625. The second-order valence-corrected chi connectivity index (χ2v) is 5.86. The molecule has 1 N–H and O–H groups in total. The molecule has 0 atom stereocenters. The number of hydrogen-bond donors (Lipinski definition) is 1. The van der Waals surface area contributed by atoms with Gasteiger partial charge in [0.2, 0.25) is 0 Å². The van der Waals surface area contributed by atoms with Crippen LogP contribution in [0.1, 0.15) is 42.2 Å². The molecule has 6 nitrogen and oxygen atoms in total. The van der Waals surface area contributed by atoms with Crippen LogP contribution in [0.5, 0.6) is 5.75 Å². The molecule has 1 aliphatic carbocycles. The zero-order valence-corrected chi connectivity index (χ0v) is 12.8. The number of carbonyl (C=O) groups is 1. The second-order valence-electron chi connectivity index (χ2n) is 5.09. The number of ether oxygens (including phenoxy) is 1. The number of methoxy groups -OCH3 is 1. The molecule has 2 aromatic heterocycles. The van der Waals surface area contributed by atoms with Gasteiger partial charge in [-0.05, 0) is 19.1 Å². The Balaban J connectivity index is 2.29. The highest BCUT2D eigenvalue weighted by Gasteiger charge is 2.30. The van der Waals surface area contributed by atoms with Crippen molar-refractivity contribution in [2.75, 3.05) is 13.4 Å². The van der Waals surface area contributed by atoms with Crippen molar-refractivity contribution < 1.29 is 14.6 Å². The van der Waals surface area contributed by atoms with Gasteiger partial charge in [0.15, 0.2) is 16.6 Å². The van der Waals surface area contributed by atoms with Crippen LogP contribution < -0.4 is 0 Å². The van der Waals surface area contributed by atoms with E-state index in [4.69, 9.17) is 4.74 Å². The highest BCUT2D eigenvalue weighted by Crippen LogP contribution is 2.39. The normalized spacial score (nSPS) is 15.7. The van der Waals surface area contributed by atoms with Gasteiger partial charge < -0.3 is 14.4 Å². The Morgan fingerprint density at radius 1 is 1.48 bits per heavy atom. The van der Waals surface area contributed by atoms with Gasteiger partial charge in [0.1, 0.15) is 5.65 Å². The van der Waals surface area contributed by atoms with E-state index in [-0.39, 0.29) is 17.5 Å². The molecule has 0 saturated heterocycles. The minimum Gasteiger partial charge on any atom is -0.505 e. The number of rotatable bonds is 3. The van der Waals surface area contributed by atoms with Crippen molar-refractivity contribution >= 4 is 28.8 Å². The quantitative estimate of drug-likeness (QED) is 0.534. The van der Waals surface area contributed by atoms with Crippen LogP contribution in [0.3, 0.4) is 0 Å².